The van der Waals surface area contributed by atoms with Crippen molar-refractivity contribution in [3.05, 3.63) is 33.9 Å². The van der Waals surface area contributed by atoms with Crippen molar-refractivity contribution >= 4 is 5.69 Å². The number of aliphatic hydroxyl groups is 1. The fourth-order valence-corrected chi connectivity index (χ4v) is 3.13. The third-order valence-electron chi connectivity index (χ3n) is 4.35. The van der Waals surface area contributed by atoms with Gasteiger partial charge in [0.2, 0.25) is 0 Å². The minimum atomic E-state index is -0.437. The lowest BCUT2D eigenvalue weighted by Gasteiger charge is -2.38. The van der Waals surface area contributed by atoms with Crippen LogP contribution in [0.5, 0.6) is 5.75 Å². The van der Waals surface area contributed by atoms with Gasteiger partial charge in [-0.1, -0.05) is 19.4 Å². The molecule has 0 amide bonds. The van der Waals surface area contributed by atoms with Gasteiger partial charge in [-0.2, -0.15) is 0 Å². The molecule has 2 atom stereocenters. The van der Waals surface area contributed by atoms with E-state index in [0.29, 0.717) is 6.54 Å². The second-order valence-corrected chi connectivity index (χ2v) is 5.77. The number of likely N-dealkylation sites (tertiary alicyclic amines) is 1. The third kappa shape index (κ3) is 3.75. The Hall–Kier alpha value is -1.66. The van der Waals surface area contributed by atoms with Crippen molar-refractivity contribution in [2.75, 3.05) is 13.7 Å². The Morgan fingerprint density at radius 2 is 2.27 bits per heavy atom. The van der Waals surface area contributed by atoms with E-state index in [2.05, 4.69) is 4.90 Å². The van der Waals surface area contributed by atoms with Crippen LogP contribution in [0.4, 0.5) is 5.69 Å². The Labute approximate surface area is 130 Å². The SMILES string of the molecule is CCC(O)C1CCCCN1Cc1ccc([N+](=O)[O-])c(OC)c1. The molecule has 22 heavy (non-hydrogen) atoms. The van der Waals surface area contributed by atoms with Gasteiger partial charge in [-0.05, 0) is 37.4 Å². The summed E-state index contributed by atoms with van der Waals surface area (Å²) in [5.41, 5.74) is 0.952. The molecule has 2 unspecified atom stereocenters. The van der Waals surface area contributed by atoms with E-state index in [1.165, 1.54) is 13.2 Å². The van der Waals surface area contributed by atoms with E-state index in [9.17, 15) is 15.2 Å². The predicted octanol–water partition coefficient (Wildman–Crippen LogP) is 2.73. The van der Waals surface area contributed by atoms with Gasteiger partial charge in [0.05, 0.1) is 18.1 Å². The molecular weight excluding hydrogens is 284 g/mol. The third-order valence-corrected chi connectivity index (χ3v) is 4.35. The molecule has 6 nitrogen and oxygen atoms in total. The van der Waals surface area contributed by atoms with E-state index >= 15 is 0 Å². The largest absolute Gasteiger partial charge is 0.490 e. The first-order chi connectivity index (χ1) is 10.6. The molecule has 0 aliphatic carbocycles. The quantitative estimate of drug-likeness (QED) is 0.646. The number of benzene rings is 1. The van der Waals surface area contributed by atoms with Crippen molar-refractivity contribution < 1.29 is 14.8 Å². The minimum absolute atomic E-state index is 0.0185. The van der Waals surface area contributed by atoms with Crippen LogP contribution in [0, 0.1) is 10.1 Å². The smallest absolute Gasteiger partial charge is 0.310 e. The number of nitrogens with zero attached hydrogens (tertiary/aromatic N) is 2. The summed E-state index contributed by atoms with van der Waals surface area (Å²) in [6.07, 6.45) is 3.68. The van der Waals surface area contributed by atoms with Gasteiger partial charge >= 0.3 is 5.69 Å². The van der Waals surface area contributed by atoms with Crippen molar-refractivity contribution in [2.45, 2.75) is 51.3 Å². The summed E-state index contributed by atoms with van der Waals surface area (Å²) in [6.45, 7) is 3.61. The van der Waals surface area contributed by atoms with Gasteiger partial charge in [0.15, 0.2) is 5.75 Å². The van der Waals surface area contributed by atoms with Crippen LogP contribution in [-0.4, -0.2) is 40.7 Å². The highest BCUT2D eigenvalue weighted by molar-refractivity contribution is 5.48. The van der Waals surface area contributed by atoms with Gasteiger partial charge in [0.1, 0.15) is 0 Å². The molecule has 0 spiro atoms. The number of hydrogen-bond acceptors (Lipinski definition) is 5. The molecule has 6 heteroatoms. The lowest BCUT2D eigenvalue weighted by molar-refractivity contribution is -0.385. The Morgan fingerprint density at radius 3 is 2.91 bits per heavy atom. The number of rotatable bonds is 6. The van der Waals surface area contributed by atoms with Gasteiger partial charge in [-0.3, -0.25) is 15.0 Å². The first-order valence-electron chi connectivity index (χ1n) is 7.80. The number of methoxy groups -OCH3 is 1. The first kappa shape index (κ1) is 16.7. The lowest BCUT2D eigenvalue weighted by Crippen LogP contribution is -2.46. The van der Waals surface area contributed by atoms with E-state index in [4.69, 9.17) is 4.74 Å². The van der Waals surface area contributed by atoms with Crippen LogP contribution in [0.3, 0.4) is 0 Å². The summed E-state index contributed by atoms with van der Waals surface area (Å²) < 4.78 is 5.12. The molecule has 122 valence electrons. The zero-order valence-corrected chi connectivity index (χ0v) is 13.2. The second kappa shape index (κ2) is 7.56. The highest BCUT2D eigenvalue weighted by Crippen LogP contribution is 2.29. The van der Waals surface area contributed by atoms with E-state index in [1.54, 1.807) is 12.1 Å². The topological polar surface area (TPSA) is 75.8 Å². The highest BCUT2D eigenvalue weighted by atomic mass is 16.6. The molecular formula is C16H24N2O4. The van der Waals surface area contributed by atoms with Crippen LogP contribution >= 0.6 is 0 Å². The van der Waals surface area contributed by atoms with Crippen molar-refractivity contribution in [3.63, 3.8) is 0 Å². The normalized spacial score (nSPS) is 20.6. The summed E-state index contributed by atoms with van der Waals surface area (Å²) in [4.78, 5) is 12.8. The lowest BCUT2D eigenvalue weighted by atomic mass is 9.95. The number of nitro benzene ring substituents is 1. The molecule has 0 aromatic heterocycles. The average Bonchev–Trinajstić information content (AvgIpc) is 2.54. The molecule has 2 rings (SSSR count). The highest BCUT2D eigenvalue weighted by Gasteiger charge is 2.28. The van der Waals surface area contributed by atoms with E-state index in [0.717, 1.165) is 37.8 Å². The summed E-state index contributed by atoms with van der Waals surface area (Å²) >= 11 is 0. The van der Waals surface area contributed by atoms with Gasteiger partial charge in [0, 0.05) is 18.7 Å². The van der Waals surface area contributed by atoms with Gasteiger partial charge < -0.3 is 9.84 Å². The standard InChI is InChI=1S/C16H24N2O4/c1-3-15(19)13-6-4-5-9-17(13)11-12-7-8-14(18(20)21)16(10-12)22-2/h7-8,10,13,15,19H,3-6,9,11H2,1-2H3. The van der Waals surface area contributed by atoms with E-state index in [-0.39, 0.29) is 23.6 Å². The second-order valence-electron chi connectivity index (χ2n) is 5.77. The Morgan fingerprint density at radius 1 is 1.50 bits per heavy atom. The molecule has 1 aromatic carbocycles. The maximum Gasteiger partial charge on any atom is 0.310 e. The number of nitro groups is 1. The van der Waals surface area contributed by atoms with Crippen LogP contribution < -0.4 is 4.74 Å². The molecule has 1 heterocycles. The van der Waals surface area contributed by atoms with Gasteiger partial charge in [-0.25, -0.2) is 0 Å². The average molecular weight is 308 g/mol. The zero-order valence-electron chi connectivity index (χ0n) is 13.2. The zero-order chi connectivity index (χ0) is 16.1. The molecule has 0 bridgehead atoms. The fourth-order valence-electron chi connectivity index (χ4n) is 3.13. The van der Waals surface area contributed by atoms with Crippen LogP contribution in [0.15, 0.2) is 18.2 Å². The maximum absolute atomic E-state index is 10.9. The van der Waals surface area contributed by atoms with Gasteiger partial charge in [-0.15, -0.1) is 0 Å². The first-order valence-corrected chi connectivity index (χ1v) is 7.80. The van der Waals surface area contributed by atoms with Crippen LogP contribution in [-0.2, 0) is 6.54 Å². The summed E-state index contributed by atoms with van der Waals surface area (Å²) in [5.74, 6) is 0.284. The van der Waals surface area contributed by atoms with Crippen molar-refractivity contribution in [1.82, 2.24) is 4.90 Å². The van der Waals surface area contributed by atoms with Crippen LogP contribution in [0.2, 0.25) is 0 Å². The summed E-state index contributed by atoms with van der Waals surface area (Å²) in [7, 11) is 1.44. The number of aliphatic hydroxyl groups excluding tert-OH is 1. The van der Waals surface area contributed by atoms with E-state index in [1.807, 2.05) is 6.92 Å². The van der Waals surface area contributed by atoms with E-state index < -0.39 is 4.92 Å². The predicted molar refractivity (Wildman–Crippen MR) is 84.0 cm³/mol. The summed E-state index contributed by atoms with van der Waals surface area (Å²) in [6, 6.07) is 5.15. The Bertz CT molecular complexity index is 521. The molecule has 0 radical (unpaired) electrons. The number of ether oxygens (including phenoxy) is 1. The molecule has 1 fully saturated rings. The number of hydrogen-bond donors (Lipinski definition) is 1. The van der Waals surface area contributed by atoms with Crippen molar-refractivity contribution in [3.8, 4) is 5.75 Å². The summed E-state index contributed by atoms with van der Waals surface area (Å²) in [5, 5.41) is 21.1. The molecule has 1 aromatic rings. The molecule has 1 N–H and O–H groups in total. The maximum atomic E-state index is 10.9. The van der Waals surface area contributed by atoms with Gasteiger partial charge in [0.25, 0.3) is 0 Å². The number of piperidine rings is 1. The van der Waals surface area contributed by atoms with Crippen LogP contribution in [0.25, 0.3) is 0 Å². The van der Waals surface area contributed by atoms with Crippen molar-refractivity contribution in [2.24, 2.45) is 0 Å². The Kier molecular flexibility index (Phi) is 5.74. The minimum Gasteiger partial charge on any atom is -0.490 e. The molecule has 1 saturated heterocycles. The Balaban J connectivity index is 2.16. The molecule has 1 aliphatic rings. The molecule has 1 aliphatic heterocycles. The fraction of sp³-hybridized carbons (Fsp3) is 0.625. The molecule has 0 saturated carbocycles. The monoisotopic (exact) mass is 308 g/mol. The van der Waals surface area contributed by atoms with Crippen molar-refractivity contribution in [1.29, 1.82) is 0 Å². The van der Waals surface area contributed by atoms with Crippen LogP contribution in [0.1, 0.15) is 38.2 Å².